The average Bonchev–Trinajstić information content (AvgIpc) is 2.15. The molecule has 1 aromatic carbocycles. The van der Waals surface area contributed by atoms with Crippen molar-refractivity contribution in [2.24, 2.45) is 0 Å². The van der Waals surface area contributed by atoms with Gasteiger partial charge in [-0.25, -0.2) is 0 Å². The topological polar surface area (TPSA) is 3.24 Å². The number of nitrogens with zero attached hydrogens (tertiary/aromatic N) is 1. The lowest BCUT2D eigenvalue weighted by Gasteiger charge is -2.21. The summed E-state index contributed by atoms with van der Waals surface area (Å²) in [6.07, 6.45) is -4.26. The van der Waals surface area contributed by atoms with Crippen molar-refractivity contribution < 1.29 is 13.2 Å². The molecule has 0 bridgehead atoms. The van der Waals surface area contributed by atoms with E-state index in [1.807, 2.05) is 18.9 Å². The van der Waals surface area contributed by atoms with Gasteiger partial charge in [0, 0.05) is 24.1 Å². The highest BCUT2D eigenvalue weighted by Crippen LogP contribution is 2.30. The lowest BCUT2D eigenvalue weighted by Crippen LogP contribution is -2.23. The fraction of sp³-hybridized carbons (Fsp3) is 0.455. The van der Waals surface area contributed by atoms with Gasteiger partial charge in [0.2, 0.25) is 0 Å². The van der Waals surface area contributed by atoms with E-state index in [-0.39, 0.29) is 0 Å². The summed E-state index contributed by atoms with van der Waals surface area (Å²) in [4.78, 5) is 2.19. The van der Waals surface area contributed by atoms with Crippen LogP contribution in [-0.4, -0.2) is 18.4 Å². The minimum atomic E-state index is -4.26. The summed E-state index contributed by atoms with van der Waals surface area (Å²) < 4.78 is 36.9. The SMILES string of the molecule is CC(Br)CN(C)c1ccc(C(F)(F)F)cc1. The van der Waals surface area contributed by atoms with Gasteiger partial charge < -0.3 is 4.90 Å². The quantitative estimate of drug-likeness (QED) is 0.764. The molecular weight excluding hydrogens is 283 g/mol. The molecule has 5 heteroatoms. The molecule has 0 aliphatic rings. The Kier molecular flexibility index (Phi) is 4.24. The van der Waals surface area contributed by atoms with Crippen LogP contribution in [0.4, 0.5) is 18.9 Å². The standard InChI is InChI=1S/C11H13BrF3N/c1-8(12)7-16(2)10-5-3-9(4-6-10)11(13,14)15/h3-6,8H,7H2,1-2H3. The smallest absolute Gasteiger partial charge is 0.373 e. The van der Waals surface area contributed by atoms with E-state index in [2.05, 4.69) is 15.9 Å². The molecule has 0 aliphatic carbocycles. The van der Waals surface area contributed by atoms with E-state index in [1.54, 1.807) is 0 Å². The molecule has 16 heavy (non-hydrogen) atoms. The maximum absolute atomic E-state index is 12.3. The van der Waals surface area contributed by atoms with Crippen LogP contribution in [-0.2, 0) is 6.18 Å². The van der Waals surface area contributed by atoms with Crippen molar-refractivity contribution in [1.82, 2.24) is 0 Å². The third-order valence-corrected chi connectivity index (χ3v) is 2.45. The van der Waals surface area contributed by atoms with Crippen LogP contribution in [0, 0.1) is 0 Å². The lowest BCUT2D eigenvalue weighted by atomic mass is 10.2. The van der Waals surface area contributed by atoms with Gasteiger partial charge in [0.1, 0.15) is 0 Å². The van der Waals surface area contributed by atoms with Crippen LogP contribution in [0.5, 0.6) is 0 Å². The predicted octanol–water partition coefficient (Wildman–Crippen LogP) is 3.93. The summed E-state index contributed by atoms with van der Waals surface area (Å²) in [6.45, 7) is 2.73. The number of halogens is 4. The van der Waals surface area contributed by atoms with Crippen molar-refractivity contribution in [3.8, 4) is 0 Å². The summed E-state index contributed by atoms with van der Waals surface area (Å²) >= 11 is 3.40. The number of rotatable bonds is 3. The Hall–Kier alpha value is -0.710. The molecule has 0 saturated carbocycles. The van der Waals surface area contributed by atoms with E-state index in [4.69, 9.17) is 0 Å². The Morgan fingerprint density at radius 2 is 1.75 bits per heavy atom. The molecule has 1 unspecified atom stereocenters. The maximum atomic E-state index is 12.3. The van der Waals surface area contributed by atoms with Gasteiger partial charge in [-0.15, -0.1) is 0 Å². The minimum absolute atomic E-state index is 0.291. The molecule has 0 radical (unpaired) electrons. The Bertz CT molecular complexity index is 332. The average molecular weight is 296 g/mol. The number of hydrogen-bond donors (Lipinski definition) is 0. The van der Waals surface area contributed by atoms with E-state index in [0.29, 0.717) is 4.83 Å². The third kappa shape index (κ3) is 3.70. The lowest BCUT2D eigenvalue weighted by molar-refractivity contribution is -0.137. The monoisotopic (exact) mass is 295 g/mol. The van der Waals surface area contributed by atoms with Crippen LogP contribution in [0.3, 0.4) is 0 Å². The summed E-state index contributed by atoms with van der Waals surface area (Å²) in [5, 5.41) is 0. The largest absolute Gasteiger partial charge is 0.416 e. The Morgan fingerprint density at radius 1 is 1.25 bits per heavy atom. The molecule has 0 saturated heterocycles. The first-order valence-corrected chi connectivity index (χ1v) is 5.74. The Morgan fingerprint density at radius 3 is 2.12 bits per heavy atom. The van der Waals surface area contributed by atoms with Crippen LogP contribution in [0.15, 0.2) is 24.3 Å². The van der Waals surface area contributed by atoms with Gasteiger partial charge in [0.15, 0.2) is 0 Å². The summed E-state index contributed by atoms with van der Waals surface area (Å²) in [6, 6.07) is 5.17. The molecule has 0 spiro atoms. The molecule has 0 fully saturated rings. The zero-order chi connectivity index (χ0) is 12.3. The van der Waals surface area contributed by atoms with Crippen molar-refractivity contribution in [2.45, 2.75) is 17.9 Å². The van der Waals surface area contributed by atoms with Crippen molar-refractivity contribution >= 4 is 21.6 Å². The highest BCUT2D eigenvalue weighted by atomic mass is 79.9. The second-order valence-corrected chi connectivity index (χ2v) is 5.27. The zero-order valence-electron chi connectivity index (χ0n) is 9.05. The molecule has 0 N–H and O–H groups in total. The molecule has 1 nitrogen and oxygen atoms in total. The fourth-order valence-corrected chi connectivity index (χ4v) is 1.82. The molecule has 0 aliphatic heterocycles. The van der Waals surface area contributed by atoms with E-state index < -0.39 is 11.7 Å². The molecule has 1 rings (SSSR count). The number of benzene rings is 1. The van der Waals surface area contributed by atoms with Gasteiger partial charge in [-0.3, -0.25) is 0 Å². The molecule has 0 aromatic heterocycles. The van der Waals surface area contributed by atoms with Crippen LogP contribution in [0.2, 0.25) is 0 Å². The van der Waals surface area contributed by atoms with Gasteiger partial charge in [0.25, 0.3) is 0 Å². The van der Waals surface area contributed by atoms with E-state index in [9.17, 15) is 13.2 Å². The first kappa shape index (κ1) is 13.4. The first-order valence-electron chi connectivity index (χ1n) is 4.83. The zero-order valence-corrected chi connectivity index (χ0v) is 10.6. The molecule has 0 heterocycles. The molecule has 1 aromatic rings. The van der Waals surface area contributed by atoms with Crippen molar-refractivity contribution in [1.29, 1.82) is 0 Å². The minimum Gasteiger partial charge on any atom is -0.373 e. The van der Waals surface area contributed by atoms with Crippen molar-refractivity contribution in [3.05, 3.63) is 29.8 Å². The number of alkyl halides is 4. The van der Waals surface area contributed by atoms with Gasteiger partial charge >= 0.3 is 6.18 Å². The summed E-state index contributed by atoms with van der Waals surface area (Å²) in [7, 11) is 1.85. The molecular formula is C11H13BrF3N. The number of anilines is 1. The Balaban J connectivity index is 2.79. The molecule has 0 amide bonds. The summed E-state index contributed by atoms with van der Waals surface area (Å²) in [5.41, 5.74) is 0.163. The van der Waals surface area contributed by atoms with Gasteiger partial charge in [-0.05, 0) is 24.3 Å². The second-order valence-electron chi connectivity index (χ2n) is 3.71. The highest BCUT2D eigenvalue weighted by molar-refractivity contribution is 9.09. The molecule has 1 atom stereocenters. The van der Waals surface area contributed by atoms with Crippen LogP contribution >= 0.6 is 15.9 Å². The van der Waals surface area contributed by atoms with E-state index >= 15 is 0 Å². The molecule has 90 valence electrons. The normalized spacial score (nSPS) is 13.6. The van der Waals surface area contributed by atoms with Crippen molar-refractivity contribution in [3.63, 3.8) is 0 Å². The first-order chi connectivity index (χ1) is 7.30. The Labute approximate surface area is 101 Å². The number of hydrogen-bond acceptors (Lipinski definition) is 1. The summed E-state index contributed by atoms with van der Waals surface area (Å²) in [5.74, 6) is 0. The second kappa shape index (κ2) is 5.08. The fourth-order valence-electron chi connectivity index (χ4n) is 1.39. The van der Waals surface area contributed by atoms with Crippen LogP contribution < -0.4 is 4.90 Å². The maximum Gasteiger partial charge on any atom is 0.416 e. The third-order valence-electron chi connectivity index (χ3n) is 2.16. The van der Waals surface area contributed by atoms with Gasteiger partial charge in [-0.2, -0.15) is 13.2 Å². The van der Waals surface area contributed by atoms with Crippen molar-refractivity contribution in [2.75, 3.05) is 18.5 Å². The van der Waals surface area contributed by atoms with Crippen LogP contribution in [0.1, 0.15) is 12.5 Å². The van der Waals surface area contributed by atoms with E-state index in [1.165, 1.54) is 12.1 Å². The van der Waals surface area contributed by atoms with Gasteiger partial charge in [0.05, 0.1) is 5.56 Å². The highest BCUT2D eigenvalue weighted by Gasteiger charge is 2.30. The predicted molar refractivity (Wildman–Crippen MR) is 63.1 cm³/mol. The van der Waals surface area contributed by atoms with Gasteiger partial charge in [-0.1, -0.05) is 22.9 Å². The van der Waals surface area contributed by atoms with Crippen LogP contribution in [0.25, 0.3) is 0 Å². The van der Waals surface area contributed by atoms with E-state index in [0.717, 1.165) is 24.4 Å².